The molecule has 3 aromatic rings. The molecule has 4 rings (SSSR count). The van der Waals surface area contributed by atoms with Crippen molar-refractivity contribution < 1.29 is 14.3 Å². The first-order valence-electron chi connectivity index (χ1n) is 12.2. The Morgan fingerprint density at radius 3 is 2.69 bits per heavy atom. The predicted octanol–water partition coefficient (Wildman–Crippen LogP) is 7.13. The Kier molecular flexibility index (Phi) is 7.70. The molecule has 0 saturated carbocycles. The van der Waals surface area contributed by atoms with Crippen LogP contribution in [0.5, 0.6) is 5.75 Å². The Hall–Kier alpha value is -2.99. The summed E-state index contributed by atoms with van der Waals surface area (Å²) in [6.45, 7) is 9.67. The van der Waals surface area contributed by atoms with Gasteiger partial charge in [-0.15, -0.1) is 0 Å². The molecule has 0 aliphatic carbocycles. The van der Waals surface area contributed by atoms with Gasteiger partial charge in [0.25, 0.3) is 0 Å². The van der Waals surface area contributed by atoms with Gasteiger partial charge in [-0.3, -0.25) is 4.90 Å². The van der Waals surface area contributed by atoms with Crippen LogP contribution >= 0.6 is 11.6 Å². The van der Waals surface area contributed by atoms with E-state index in [0.717, 1.165) is 48.4 Å². The molecule has 0 fully saturated rings. The Morgan fingerprint density at radius 2 is 1.94 bits per heavy atom. The topological polar surface area (TPSA) is 56.6 Å². The molecule has 35 heavy (non-hydrogen) atoms. The van der Waals surface area contributed by atoms with E-state index in [2.05, 4.69) is 35.8 Å². The van der Waals surface area contributed by atoms with Gasteiger partial charge in [0.15, 0.2) is 0 Å². The molecule has 1 amide bonds. The second-order valence-corrected chi connectivity index (χ2v) is 10.6. The van der Waals surface area contributed by atoms with Gasteiger partial charge in [0, 0.05) is 24.3 Å². The van der Waals surface area contributed by atoms with Crippen molar-refractivity contribution in [2.24, 2.45) is 5.92 Å². The van der Waals surface area contributed by atoms with Crippen molar-refractivity contribution in [3.05, 3.63) is 71.2 Å². The lowest BCUT2D eigenvalue weighted by atomic mass is 9.96. The van der Waals surface area contributed by atoms with Crippen molar-refractivity contribution in [1.82, 2.24) is 14.5 Å². The standard InChI is InChI=1S/C28H34ClN3O3/c1-20-9-14-24-25(17-20)32(26(30-24)19-34-23-12-10-22(29)11-13-23)16-6-8-21-7-5-15-31(18-21)27(33)35-28(2,3)4/h5,9-15,17,21H,6-8,16,18-19H2,1-4H3. The molecule has 2 aromatic carbocycles. The highest BCUT2D eigenvalue weighted by atomic mass is 35.5. The fourth-order valence-electron chi connectivity index (χ4n) is 4.32. The summed E-state index contributed by atoms with van der Waals surface area (Å²) in [7, 11) is 0. The first kappa shape index (κ1) is 25.1. The molecule has 0 bridgehead atoms. The molecule has 0 N–H and O–H groups in total. The van der Waals surface area contributed by atoms with Crippen molar-refractivity contribution in [3.63, 3.8) is 0 Å². The van der Waals surface area contributed by atoms with Crippen molar-refractivity contribution in [2.45, 2.75) is 65.7 Å². The van der Waals surface area contributed by atoms with Crippen LogP contribution in [-0.4, -0.2) is 32.7 Å². The number of carbonyl (C=O) groups is 1. The van der Waals surface area contributed by atoms with Gasteiger partial charge in [0.05, 0.1) is 11.0 Å². The van der Waals surface area contributed by atoms with Gasteiger partial charge < -0.3 is 14.0 Å². The highest BCUT2D eigenvalue weighted by Gasteiger charge is 2.25. The Balaban J connectivity index is 1.41. The quantitative estimate of drug-likeness (QED) is 0.350. The van der Waals surface area contributed by atoms with Crippen LogP contribution < -0.4 is 4.74 Å². The van der Waals surface area contributed by atoms with Crippen LogP contribution in [0.3, 0.4) is 0 Å². The third-order valence-corrected chi connectivity index (χ3v) is 6.25. The first-order valence-corrected chi connectivity index (χ1v) is 12.6. The smallest absolute Gasteiger partial charge is 0.414 e. The lowest BCUT2D eigenvalue weighted by Gasteiger charge is -2.30. The molecule has 2 heterocycles. The van der Waals surface area contributed by atoms with E-state index in [1.165, 1.54) is 5.56 Å². The van der Waals surface area contributed by atoms with Gasteiger partial charge in [-0.05, 0) is 94.8 Å². The molecule has 0 saturated heterocycles. The zero-order valence-corrected chi connectivity index (χ0v) is 21.7. The number of hydrogen-bond acceptors (Lipinski definition) is 4. The highest BCUT2D eigenvalue weighted by Crippen LogP contribution is 2.25. The largest absolute Gasteiger partial charge is 0.486 e. The second-order valence-electron chi connectivity index (χ2n) is 10.2. The monoisotopic (exact) mass is 495 g/mol. The number of allylic oxidation sites excluding steroid dienone is 1. The normalized spacial score (nSPS) is 16.0. The zero-order chi connectivity index (χ0) is 25.0. The van der Waals surface area contributed by atoms with Crippen LogP contribution in [0.15, 0.2) is 54.7 Å². The van der Waals surface area contributed by atoms with Gasteiger partial charge in [-0.2, -0.15) is 0 Å². The number of fused-ring (bicyclic) bond motifs is 1. The first-order chi connectivity index (χ1) is 16.7. The van der Waals surface area contributed by atoms with Gasteiger partial charge >= 0.3 is 6.09 Å². The van der Waals surface area contributed by atoms with Crippen molar-refractivity contribution >= 4 is 28.7 Å². The summed E-state index contributed by atoms with van der Waals surface area (Å²) < 4.78 is 13.8. The molecule has 0 spiro atoms. The maximum atomic E-state index is 12.5. The van der Waals surface area contributed by atoms with E-state index in [1.807, 2.05) is 51.2 Å². The summed E-state index contributed by atoms with van der Waals surface area (Å²) in [6, 6.07) is 13.7. The zero-order valence-electron chi connectivity index (χ0n) is 21.0. The molecule has 1 atom stereocenters. The van der Waals surface area contributed by atoms with E-state index in [1.54, 1.807) is 4.90 Å². The summed E-state index contributed by atoms with van der Waals surface area (Å²) >= 11 is 5.99. The molecule has 0 radical (unpaired) electrons. The number of benzene rings is 2. The second kappa shape index (κ2) is 10.7. The summed E-state index contributed by atoms with van der Waals surface area (Å²) in [6.07, 6.45) is 6.59. The van der Waals surface area contributed by atoms with Crippen LogP contribution in [0.1, 0.15) is 51.4 Å². The highest BCUT2D eigenvalue weighted by molar-refractivity contribution is 6.30. The van der Waals surface area contributed by atoms with E-state index >= 15 is 0 Å². The number of imidazole rings is 1. The number of hydrogen-bond donors (Lipinski definition) is 0. The van der Waals surface area contributed by atoms with Crippen LogP contribution in [0.2, 0.25) is 5.02 Å². The molecule has 1 aliphatic heterocycles. The van der Waals surface area contributed by atoms with E-state index < -0.39 is 5.60 Å². The molecule has 186 valence electrons. The van der Waals surface area contributed by atoms with Crippen LogP contribution in [-0.2, 0) is 17.9 Å². The Labute approximate surface area is 212 Å². The van der Waals surface area contributed by atoms with Gasteiger partial charge in [0.1, 0.15) is 23.8 Å². The molecule has 7 heteroatoms. The van der Waals surface area contributed by atoms with Crippen molar-refractivity contribution in [2.75, 3.05) is 6.54 Å². The van der Waals surface area contributed by atoms with Crippen LogP contribution in [0, 0.1) is 12.8 Å². The number of nitrogens with zero attached hydrogens (tertiary/aromatic N) is 3. The Morgan fingerprint density at radius 1 is 1.17 bits per heavy atom. The fourth-order valence-corrected chi connectivity index (χ4v) is 4.44. The lowest BCUT2D eigenvalue weighted by Crippen LogP contribution is -2.37. The van der Waals surface area contributed by atoms with E-state index in [9.17, 15) is 4.79 Å². The van der Waals surface area contributed by atoms with Crippen molar-refractivity contribution in [1.29, 1.82) is 0 Å². The minimum absolute atomic E-state index is 0.281. The number of ether oxygens (including phenoxy) is 2. The molecular weight excluding hydrogens is 462 g/mol. The number of aryl methyl sites for hydroxylation is 2. The Bertz CT molecular complexity index is 1190. The van der Waals surface area contributed by atoms with Gasteiger partial charge in [-0.25, -0.2) is 9.78 Å². The fraction of sp³-hybridized carbons (Fsp3) is 0.429. The molecule has 1 aliphatic rings. The number of carbonyl (C=O) groups excluding carboxylic acids is 1. The molecule has 1 aromatic heterocycles. The maximum absolute atomic E-state index is 12.5. The number of aromatic nitrogens is 2. The summed E-state index contributed by atoms with van der Waals surface area (Å²) in [4.78, 5) is 19.0. The summed E-state index contributed by atoms with van der Waals surface area (Å²) in [5.41, 5.74) is 2.80. The van der Waals surface area contributed by atoms with E-state index in [-0.39, 0.29) is 6.09 Å². The van der Waals surface area contributed by atoms with E-state index in [4.69, 9.17) is 26.1 Å². The van der Waals surface area contributed by atoms with Crippen molar-refractivity contribution in [3.8, 4) is 5.75 Å². The van der Waals surface area contributed by atoms with Crippen LogP contribution in [0.4, 0.5) is 4.79 Å². The minimum Gasteiger partial charge on any atom is -0.486 e. The lowest BCUT2D eigenvalue weighted by molar-refractivity contribution is 0.0298. The molecular formula is C28H34ClN3O3. The van der Waals surface area contributed by atoms with Gasteiger partial charge in [-0.1, -0.05) is 23.7 Å². The number of rotatable bonds is 7. The minimum atomic E-state index is -0.497. The average molecular weight is 496 g/mol. The molecule has 6 nitrogen and oxygen atoms in total. The summed E-state index contributed by atoms with van der Waals surface area (Å²) in [5.74, 6) is 2.07. The SMILES string of the molecule is Cc1ccc2nc(COc3ccc(Cl)cc3)n(CCCC3CC=CN(C(=O)OC(C)(C)C)C3)c2c1. The average Bonchev–Trinajstić information content (AvgIpc) is 3.14. The van der Waals surface area contributed by atoms with Crippen LogP contribution in [0.25, 0.3) is 11.0 Å². The van der Waals surface area contributed by atoms with E-state index in [0.29, 0.717) is 24.1 Å². The summed E-state index contributed by atoms with van der Waals surface area (Å²) in [5, 5.41) is 0.683. The third kappa shape index (κ3) is 6.79. The number of halogens is 1. The third-order valence-electron chi connectivity index (χ3n) is 6.00. The predicted molar refractivity (Wildman–Crippen MR) is 140 cm³/mol. The number of amides is 1. The molecule has 1 unspecified atom stereocenters. The van der Waals surface area contributed by atoms with Gasteiger partial charge in [0.2, 0.25) is 0 Å². The maximum Gasteiger partial charge on any atom is 0.414 e.